The first kappa shape index (κ1) is 14.8. The molecule has 1 unspecified atom stereocenters. The predicted molar refractivity (Wildman–Crippen MR) is 68.1 cm³/mol. The minimum Gasteiger partial charge on any atom is -0.479 e. The highest BCUT2D eigenvalue weighted by Gasteiger charge is 2.14. The number of carbonyl (C=O) groups excluding carboxylic acids is 1. The van der Waals surface area contributed by atoms with E-state index >= 15 is 0 Å². The Labute approximate surface area is 114 Å². The van der Waals surface area contributed by atoms with Gasteiger partial charge in [-0.25, -0.2) is 4.79 Å². The maximum Gasteiger partial charge on any atom is 0.332 e. The zero-order valence-electron chi connectivity index (χ0n) is 9.44. The number of amides is 1. The van der Waals surface area contributed by atoms with E-state index < -0.39 is 18.0 Å². The molecule has 1 aromatic rings. The molecular weight excluding hydrogens is 281 g/mol. The van der Waals surface area contributed by atoms with Crippen molar-refractivity contribution in [2.24, 2.45) is 0 Å². The molecule has 5 nitrogen and oxygen atoms in total. The van der Waals surface area contributed by atoms with Gasteiger partial charge in [-0.2, -0.15) is 0 Å². The normalized spacial score (nSPS) is 11.9. The summed E-state index contributed by atoms with van der Waals surface area (Å²) in [6.45, 7) is 0.957. The summed E-state index contributed by atoms with van der Waals surface area (Å²) in [7, 11) is 0. The molecule has 0 aliphatic heterocycles. The van der Waals surface area contributed by atoms with E-state index in [9.17, 15) is 9.59 Å². The number of carboxylic acids is 1. The largest absolute Gasteiger partial charge is 0.479 e. The average molecular weight is 292 g/mol. The van der Waals surface area contributed by atoms with Crippen LogP contribution in [0.4, 0.5) is 5.69 Å². The van der Waals surface area contributed by atoms with Gasteiger partial charge in [-0.15, -0.1) is 0 Å². The van der Waals surface area contributed by atoms with Crippen LogP contribution in [0, 0.1) is 0 Å². The fourth-order valence-corrected chi connectivity index (χ4v) is 1.39. The monoisotopic (exact) mass is 291 g/mol. The van der Waals surface area contributed by atoms with E-state index in [2.05, 4.69) is 5.32 Å². The second-order valence-electron chi connectivity index (χ2n) is 3.46. The number of halogens is 2. The van der Waals surface area contributed by atoms with Gasteiger partial charge in [-0.1, -0.05) is 23.2 Å². The summed E-state index contributed by atoms with van der Waals surface area (Å²) in [5.74, 6) is -1.64. The van der Waals surface area contributed by atoms with Crippen molar-refractivity contribution in [1.82, 2.24) is 0 Å². The van der Waals surface area contributed by atoms with Crippen LogP contribution in [0.1, 0.15) is 6.92 Å². The highest BCUT2D eigenvalue weighted by atomic mass is 35.5. The lowest BCUT2D eigenvalue weighted by Crippen LogP contribution is -2.26. The van der Waals surface area contributed by atoms with Gasteiger partial charge in [0.2, 0.25) is 5.91 Å². The van der Waals surface area contributed by atoms with Gasteiger partial charge in [-0.05, 0) is 25.1 Å². The lowest BCUT2D eigenvalue weighted by atomic mass is 10.3. The van der Waals surface area contributed by atoms with Crippen LogP contribution in [-0.4, -0.2) is 29.7 Å². The first-order valence-corrected chi connectivity index (χ1v) is 5.75. The second kappa shape index (κ2) is 6.58. The van der Waals surface area contributed by atoms with E-state index in [1.54, 1.807) is 12.1 Å². The molecule has 0 radical (unpaired) electrons. The predicted octanol–water partition coefficient (Wildman–Crippen LogP) is 2.42. The second-order valence-corrected chi connectivity index (χ2v) is 4.31. The minimum atomic E-state index is -1.14. The zero-order valence-corrected chi connectivity index (χ0v) is 11.0. The highest BCUT2D eigenvalue weighted by molar-refractivity contribution is 6.35. The van der Waals surface area contributed by atoms with E-state index in [-0.39, 0.29) is 6.61 Å². The van der Waals surface area contributed by atoms with Crippen LogP contribution in [0.25, 0.3) is 0 Å². The van der Waals surface area contributed by atoms with Crippen LogP contribution in [0.3, 0.4) is 0 Å². The molecule has 0 bridgehead atoms. The number of nitrogens with one attached hydrogen (secondary N) is 1. The number of carboxylic acid groups (broad SMARTS) is 1. The molecule has 18 heavy (non-hydrogen) atoms. The Hall–Kier alpha value is -1.30. The molecule has 0 aromatic heterocycles. The Balaban J connectivity index is 2.54. The quantitative estimate of drug-likeness (QED) is 0.874. The smallest absolute Gasteiger partial charge is 0.332 e. The molecule has 7 heteroatoms. The number of rotatable bonds is 5. The number of aliphatic carboxylic acids is 1. The number of carbonyl (C=O) groups is 2. The SMILES string of the molecule is CC(OCC(=O)Nc1cc(Cl)ccc1Cl)C(=O)O. The Morgan fingerprint density at radius 3 is 2.72 bits per heavy atom. The number of ether oxygens (including phenoxy) is 1. The van der Waals surface area contributed by atoms with Crippen molar-refractivity contribution in [2.75, 3.05) is 11.9 Å². The molecule has 0 aliphatic carbocycles. The Bertz CT molecular complexity index is 464. The summed E-state index contributed by atoms with van der Waals surface area (Å²) in [5, 5.41) is 11.8. The van der Waals surface area contributed by atoms with Crippen LogP contribution >= 0.6 is 23.2 Å². The summed E-state index contributed by atoms with van der Waals surface area (Å²) in [4.78, 5) is 21.9. The minimum absolute atomic E-state index is 0.332. The zero-order chi connectivity index (χ0) is 13.7. The average Bonchev–Trinajstić information content (AvgIpc) is 2.30. The van der Waals surface area contributed by atoms with Crippen LogP contribution in [0.5, 0.6) is 0 Å². The van der Waals surface area contributed by atoms with Crippen molar-refractivity contribution in [3.63, 3.8) is 0 Å². The summed E-state index contributed by atoms with van der Waals surface area (Å²) < 4.78 is 4.82. The number of hydrogen-bond acceptors (Lipinski definition) is 3. The summed E-state index contributed by atoms with van der Waals surface area (Å²) >= 11 is 11.6. The molecule has 2 N–H and O–H groups in total. The first-order chi connectivity index (χ1) is 8.40. The third kappa shape index (κ3) is 4.52. The van der Waals surface area contributed by atoms with E-state index in [4.69, 9.17) is 33.0 Å². The van der Waals surface area contributed by atoms with Gasteiger partial charge in [0.15, 0.2) is 6.10 Å². The molecule has 0 fully saturated rings. The van der Waals surface area contributed by atoms with E-state index in [1.807, 2.05) is 0 Å². The van der Waals surface area contributed by atoms with E-state index in [1.165, 1.54) is 13.0 Å². The van der Waals surface area contributed by atoms with Crippen molar-refractivity contribution in [3.05, 3.63) is 28.2 Å². The Kier molecular flexibility index (Phi) is 5.40. The molecule has 0 spiro atoms. The van der Waals surface area contributed by atoms with Gasteiger partial charge in [0, 0.05) is 5.02 Å². The van der Waals surface area contributed by atoms with Crippen LogP contribution in [-0.2, 0) is 14.3 Å². The molecule has 0 heterocycles. The van der Waals surface area contributed by atoms with Crippen molar-refractivity contribution < 1.29 is 19.4 Å². The van der Waals surface area contributed by atoms with Crippen molar-refractivity contribution >= 4 is 40.8 Å². The highest BCUT2D eigenvalue weighted by Crippen LogP contribution is 2.25. The topological polar surface area (TPSA) is 75.6 Å². The van der Waals surface area contributed by atoms with Gasteiger partial charge in [0.25, 0.3) is 0 Å². The first-order valence-electron chi connectivity index (χ1n) is 4.99. The van der Waals surface area contributed by atoms with Crippen molar-refractivity contribution in [3.8, 4) is 0 Å². The van der Waals surface area contributed by atoms with E-state index in [0.29, 0.717) is 15.7 Å². The van der Waals surface area contributed by atoms with Gasteiger partial charge in [0.05, 0.1) is 10.7 Å². The molecule has 98 valence electrons. The fourth-order valence-electron chi connectivity index (χ4n) is 1.05. The summed E-state index contributed by atoms with van der Waals surface area (Å²) in [5.41, 5.74) is 0.348. The van der Waals surface area contributed by atoms with Crippen molar-refractivity contribution in [1.29, 1.82) is 0 Å². The standard InChI is InChI=1S/C11H11Cl2NO4/c1-6(11(16)17)18-5-10(15)14-9-4-7(12)2-3-8(9)13/h2-4,6H,5H2,1H3,(H,14,15)(H,16,17). The molecular formula is C11H11Cl2NO4. The van der Waals surface area contributed by atoms with Crippen LogP contribution in [0.2, 0.25) is 10.0 Å². The van der Waals surface area contributed by atoms with Gasteiger partial charge < -0.3 is 15.2 Å². The maximum atomic E-state index is 11.5. The molecule has 0 aliphatic rings. The number of hydrogen-bond donors (Lipinski definition) is 2. The Morgan fingerprint density at radius 1 is 1.44 bits per heavy atom. The number of benzene rings is 1. The molecule has 1 atom stereocenters. The lowest BCUT2D eigenvalue weighted by Gasteiger charge is -2.10. The van der Waals surface area contributed by atoms with Gasteiger partial charge in [0.1, 0.15) is 6.61 Å². The lowest BCUT2D eigenvalue weighted by molar-refractivity contribution is -0.150. The fraction of sp³-hybridized carbons (Fsp3) is 0.273. The van der Waals surface area contributed by atoms with Gasteiger partial charge in [-0.3, -0.25) is 4.79 Å². The molecule has 0 saturated heterocycles. The summed E-state index contributed by atoms with van der Waals surface area (Å²) in [6, 6.07) is 4.62. The Morgan fingerprint density at radius 2 is 2.11 bits per heavy atom. The molecule has 0 saturated carbocycles. The van der Waals surface area contributed by atoms with Gasteiger partial charge >= 0.3 is 5.97 Å². The van der Waals surface area contributed by atoms with Crippen LogP contribution in [0.15, 0.2) is 18.2 Å². The summed E-state index contributed by atoms with van der Waals surface area (Å²) in [6.07, 6.45) is -1.05. The van der Waals surface area contributed by atoms with Crippen LogP contribution < -0.4 is 5.32 Å². The molecule has 1 amide bonds. The maximum absolute atomic E-state index is 11.5. The number of anilines is 1. The van der Waals surface area contributed by atoms with Crippen molar-refractivity contribution in [2.45, 2.75) is 13.0 Å². The molecule has 1 rings (SSSR count). The third-order valence-corrected chi connectivity index (χ3v) is 2.58. The third-order valence-electron chi connectivity index (χ3n) is 2.01. The molecule has 1 aromatic carbocycles. The van der Waals surface area contributed by atoms with E-state index in [0.717, 1.165) is 0 Å².